The molecule has 9 heteroatoms. The van der Waals surface area contributed by atoms with Gasteiger partial charge in [-0.05, 0) is 57.5 Å². The second-order valence-electron chi connectivity index (χ2n) is 8.12. The van der Waals surface area contributed by atoms with Crippen molar-refractivity contribution in [1.82, 2.24) is 9.55 Å². The highest BCUT2D eigenvalue weighted by molar-refractivity contribution is 8.01. The Morgan fingerprint density at radius 2 is 1.82 bits per heavy atom. The Kier molecular flexibility index (Phi) is 7.51. The quantitative estimate of drug-likeness (QED) is 0.385. The monoisotopic (exact) mass is 487 g/mol. The molecule has 0 bridgehead atoms. The van der Waals surface area contributed by atoms with Crippen molar-refractivity contribution in [2.45, 2.75) is 43.9 Å². The highest BCUT2D eigenvalue weighted by Crippen LogP contribution is 2.34. The lowest BCUT2D eigenvalue weighted by atomic mass is 10.2. The van der Waals surface area contributed by atoms with E-state index in [1.807, 2.05) is 37.3 Å². The van der Waals surface area contributed by atoms with Crippen LogP contribution in [0.2, 0.25) is 5.02 Å². The van der Waals surface area contributed by atoms with E-state index >= 15 is 0 Å². The van der Waals surface area contributed by atoms with Gasteiger partial charge >= 0.3 is 5.97 Å². The van der Waals surface area contributed by atoms with Gasteiger partial charge in [-0.2, -0.15) is 0 Å². The molecule has 0 aliphatic rings. The highest BCUT2D eigenvalue weighted by atomic mass is 35.5. The number of benzene rings is 2. The van der Waals surface area contributed by atoms with E-state index in [4.69, 9.17) is 11.6 Å². The van der Waals surface area contributed by atoms with Crippen molar-refractivity contribution >= 4 is 40.9 Å². The molecule has 3 N–H and O–H groups in total. The molecule has 0 aliphatic carbocycles. The molecule has 2 aromatic carbocycles. The van der Waals surface area contributed by atoms with Crippen LogP contribution in [0.3, 0.4) is 0 Å². The minimum atomic E-state index is -0.962. The number of carboxylic acid groups (broad SMARTS) is 1. The third kappa shape index (κ3) is 5.58. The van der Waals surface area contributed by atoms with Crippen LogP contribution in [0.15, 0.2) is 47.4 Å². The molecule has 0 unspecified atom stereocenters. The maximum Gasteiger partial charge on any atom is 0.319 e. The number of aryl methyl sites for hydroxylation is 2. The van der Waals surface area contributed by atoms with Crippen LogP contribution in [0.1, 0.15) is 35.6 Å². The molecule has 1 aromatic heterocycles. The molecule has 0 saturated carbocycles. The van der Waals surface area contributed by atoms with Gasteiger partial charge in [-0.15, -0.1) is 11.8 Å². The van der Waals surface area contributed by atoms with E-state index in [1.54, 1.807) is 37.5 Å². The van der Waals surface area contributed by atoms with E-state index in [-0.39, 0.29) is 19.1 Å². The number of aliphatic hydroxyl groups excluding tert-OH is 1. The van der Waals surface area contributed by atoms with Crippen molar-refractivity contribution in [1.29, 1.82) is 0 Å². The number of hydrogen-bond acceptors (Lipinski definition) is 5. The Morgan fingerprint density at radius 3 is 2.39 bits per heavy atom. The van der Waals surface area contributed by atoms with Crippen LogP contribution in [0.5, 0.6) is 0 Å². The highest BCUT2D eigenvalue weighted by Gasteiger charge is 2.28. The summed E-state index contributed by atoms with van der Waals surface area (Å²) >= 11 is 7.51. The first-order valence-corrected chi connectivity index (χ1v) is 11.5. The van der Waals surface area contributed by atoms with Crippen LogP contribution >= 0.6 is 23.4 Å². The maximum atomic E-state index is 13.1. The molecule has 3 rings (SSSR count). The van der Waals surface area contributed by atoms with E-state index in [9.17, 15) is 19.8 Å². The molecule has 0 radical (unpaired) electrons. The summed E-state index contributed by atoms with van der Waals surface area (Å²) in [5.41, 5.74) is 3.07. The molecule has 33 heavy (non-hydrogen) atoms. The number of thioether (sulfide) groups is 1. The lowest BCUT2D eigenvalue weighted by molar-refractivity contribution is -0.138. The van der Waals surface area contributed by atoms with E-state index in [0.717, 1.165) is 16.0 Å². The number of aliphatic hydroxyl groups is 1. The first-order valence-electron chi connectivity index (χ1n) is 10.3. The molecule has 1 heterocycles. The lowest BCUT2D eigenvalue weighted by Gasteiger charge is -2.18. The number of nitrogens with one attached hydrogen (secondary N) is 1. The molecular formula is C24H26ClN3O4S. The van der Waals surface area contributed by atoms with Crippen LogP contribution in [0.25, 0.3) is 11.4 Å². The predicted molar refractivity (Wildman–Crippen MR) is 131 cm³/mol. The van der Waals surface area contributed by atoms with Gasteiger partial charge < -0.3 is 20.1 Å². The molecule has 1 amide bonds. The van der Waals surface area contributed by atoms with Gasteiger partial charge in [-0.1, -0.05) is 29.8 Å². The Bertz CT molecular complexity index is 1190. The number of rotatable bonds is 8. The van der Waals surface area contributed by atoms with Crippen LogP contribution in [-0.4, -0.2) is 43.0 Å². The number of carboxylic acids is 1. The summed E-state index contributed by atoms with van der Waals surface area (Å²) in [6, 6.07) is 12.7. The van der Waals surface area contributed by atoms with Crippen molar-refractivity contribution in [2.24, 2.45) is 0 Å². The van der Waals surface area contributed by atoms with Crippen LogP contribution in [-0.2, 0) is 11.3 Å². The van der Waals surface area contributed by atoms with E-state index in [2.05, 4.69) is 10.3 Å². The number of carbonyl (C=O) groups excluding carboxylic acids is 1. The number of nitrogens with zero attached hydrogens (tertiary/aromatic N) is 2. The number of aromatic nitrogens is 2. The van der Waals surface area contributed by atoms with Crippen LogP contribution in [0.4, 0.5) is 5.69 Å². The maximum absolute atomic E-state index is 13.1. The van der Waals surface area contributed by atoms with Crippen molar-refractivity contribution in [3.05, 3.63) is 64.4 Å². The van der Waals surface area contributed by atoms with Crippen molar-refractivity contribution in [2.75, 3.05) is 11.9 Å². The second-order valence-corrected chi connectivity index (χ2v) is 10.2. The minimum Gasteiger partial charge on any atom is -0.480 e. The fraction of sp³-hybridized carbons (Fsp3) is 0.292. The molecule has 0 spiro atoms. The van der Waals surface area contributed by atoms with E-state index in [0.29, 0.717) is 27.9 Å². The van der Waals surface area contributed by atoms with Crippen LogP contribution in [0, 0.1) is 13.8 Å². The molecule has 174 valence electrons. The summed E-state index contributed by atoms with van der Waals surface area (Å²) in [7, 11) is 0. The summed E-state index contributed by atoms with van der Waals surface area (Å²) in [6.07, 6.45) is 0. The number of amides is 1. The Morgan fingerprint density at radius 1 is 1.15 bits per heavy atom. The number of hydrogen-bond donors (Lipinski definition) is 3. The average molecular weight is 488 g/mol. The van der Waals surface area contributed by atoms with E-state index in [1.165, 1.54) is 11.8 Å². The molecule has 0 fully saturated rings. The van der Waals surface area contributed by atoms with Gasteiger partial charge in [0.05, 0.1) is 23.0 Å². The first-order chi connectivity index (χ1) is 15.5. The number of halogens is 1. The molecular weight excluding hydrogens is 462 g/mol. The SMILES string of the molecule is Cc1ccc(NC(=O)c2c(C)nc(-c3ccc(SC(C)(C)C(=O)O)cc3)n2CCO)c(Cl)c1. The summed E-state index contributed by atoms with van der Waals surface area (Å²) < 4.78 is 0.714. The number of aliphatic carboxylic acids is 1. The second kappa shape index (κ2) is 9.99. The van der Waals surface area contributed by atoms with Gasteiger partial charge in [0.1, 0.15) is 16.3 Å². The standard InChI is InChI=1S/C24H26ClN3O4S/c1-14-5-10-19(18(25)13-14)27-22(30)20-15(2)26-21(28(20)11-12-29)16-6-8-17(9-7-16)33-24(3,4)23(31)32/h5-10,13,29H,11-12H2,1-4H3,(H,27,30)(H,31,32). The smallest absolute Gasteiger partial charge is 0.319 e. The van der Waals surface area contributed by atoms with Crippen LogP contribution < -0.4 is 5.32 Å². The zero-order chi connectivity index (χ0) is 24.3. The third-order valence-electron chi connectivity index (χ3n) is 5.05. The fourth-order valence-corrected chi connectivity index (χ4v) is 4.54. The summed E-state index contributed by atoms with van der Waals surface area (Å²) in [5.74, 6) is -0.730. The molecule has 0 atom stereocenters. The first kappa shape index (κ1) is 24.8. The summed E-state index contributed by atoms with van der Waals surface area (Å²) in [4.78, 5) is 29.9. The number of carbonyl (C=O) groups is 2. The number of imidazole rings is 1. The fourth-order valence-electron chi connectivity index (χ4n) is 3.31. The van der Waals surface area contributed by atoms with Gasteiger partial charge in [-0.3, -0.25) is 9.59 Å². The van der Waals surface area contributed by atoms with Crippen molar-refractivity contribution in [3.8, 4) is 11.4 Å². The molecule has 3 aromatic rings. The molecule has 0 aliphatic heterocycles. The molecule has 7 nitrogen and oxygen atoms in total. The minimum absolute atomic E-state index is 0.172. The summed E-state index contributed by atoms with van der Waals surface area (Å²) in [5, 5.41) is 22.3. The Balaban J connectivity index is 1.93. The zero-order valence-corrected chi connectivity index (χ0v) is 20.4. The van der Waals surface area contributed by atoms with Crippen molar-refractivity contribution < 1.29 is 19.8 Å². The van der Waals surface area contributed by atoms with E-state index < -0.39 is 10.7 Å². The van der Waals surface area contributed by atoms with Gasteiger partial charge in [0.15, 0.2) is 0 Å². The molecule has 0 saturated heterocycles. The zero-order valence-electron chi connectivity index (χ0n) is 18.8. The van der Waals surface area contributed by atoms with Gasteiger partial charge in [-0.25, -0.2) is 4.98 Å². The number of anilines is 1. The largest absolute Gasteiger partial charge is 0.480 e. The topological polar surface area (TPSA) is 104 Å². The Labute approximate surface area is 201 Å². The predicted octanol–water partition coefficient (Wildman–Crippen LogP) is 5.02. The third-order valence-corrected chi connectivity index (χ3v) is 6.56. The summed E-state index contributed by atoms with van der Waals surface area (Å²) in [6.45, 7) is 6.96. The van der Waals surface area contributed by atoms with Gasteiger partial charge in [0, 0.05) is 17.0 Å². The average Bonchev–Trinajstić information content (AvgIpc) is 3.06. The normalized spacial score (nSPS) is 11.5. The Hall–Kier alpha value is -2.81. The van der Waals surface area contributed by atoms with Gasteiger partial charge in [0.2, 0.25) is 0 Å². The lowest BCUT2D eigenvalue weighted by Crippen LogP contribution is -2.26. The van der Waals surface area contributed by atoms with Gasteiger partial charge in [0.25, 0.3) is 5.91 Å². The van der Waals surface area contributed by atoms with Crippen molar-refractivity contribution in [3.63, 3.8) is 0 Å².